The highest BCUT2D eigenvalue weighted by Crippen LogP contribution is 2.11. The summed E-state index contributed by atoms with van der Waals surface area (Å²) >= 11 is 0. The number of hydrogen-bond donors (Lipinski definition) is 2. The third kappa shape index (κ3) is 2.63. The lowest BCUT2D eigenvalue weighted by Gasteiger charge is -2.15. The maximum absolute atomic E-state index is 9.11. The van der Waals surface area contributed by atoms with Gasteiger partial charge in [-0.3, -0.25) is 0 Å². The molecular weight excluding hydrogens is 212 g/mol. The average molecular weight is 229 g/mol. The molecule has 0 saturated heterocycles. The number of aliphatic hydroxyl groups is 1. The fraction of sp³-hybridized carbons (Fsp3) is 0.214. The number of fused-ring (bicyclic) bond motifs is 1. The van der Waals surface area contributed by atoms with Crippen LogP contribution in [0.5, 0.6) is 0 Å². The molecule has 2 heterocycles. The maximum atomic E-state index is 9.11. The molecule has 2 rings (SSSR count). The molecule has 0 spiro atoms. The van der Waals surface area contributed by atoms with Gasteiger partial charge in [0.05, 0.1) is 13.2 Å². The molecule has 0 bridgehead atoms. The van der Waals surface area contributed by atoms with Crippen LogP contribution in [0.1, 0.15) is 11.3 Å². The Morgan fingerprint density at radius 1 is 1.41 bits per heavy atom. The smallest absolute Gasteiger partial charge is 0.228 e. The van der Waals surface area contributed by atoms with Crippen molar-refractivity contribution in [3.8, 4) is 0 Å². The van der Waals surface area contributed by atoms with Gasteiger partial charge in [0, 0.05) is 11.6 Å². The number of nitrogens with one attached hydrogen (secondary N) is 1. The van der Waals surface area contributed by atoms with Crippen molar-refractivity contribution in [3.05, 3.63) is 60.5 Å². The van der Waals surface area contributed by atoms with Crippen molar-refractivity contribution in [2.75, 3.05) is 6.54 Å². The summed E-state index contributed by atoms with van der Waals surface area (Å²) in [7, 11) is 0. The van der Waals surface area contributed by atoms with Gasteiger partial charge < -0.3 is 10.4 Å². The first kappa shape index (κ1) is 11.6. The Hall–Kier alpha value is -1.87. The molecule has 0 unspecified atom stereocenters. The molecular formula is C14H17N2O+. The lowest BCUT2D eigenvalue weighted by molar-refractivity contribution is -0.700. The molecule has 88 valence electrons. The zero-order chi connectivity index (χ0) is 12.1. The van der Waals surface area contributed by atoms with Crippen molar-refractivity contribution >= 4 is 5.70 Å². The van der Waals surface area contributed by atoms with Gasteiger partial charge in [-0.2, -0.15) is 4.57 Å². The minimum absolute atomic E-state index is 0.0864. The van der Waals surface area contributed by atoms with Crippen molar-refractivity contribution in [2.24, 2.45) is 0 Å². The van der Waals surface area contributed by atoms with E-state index in [1.165, 1.54) is 0 Å². The van der Waals surface area contributed by atoms with E-state index in [1.807, 2.05) is 36.6 Å². The van der Waals surface area contributed by atoms with Crippen LogP contribution in [0, 0.1) is 0 Å². The zero-order valence-corrected chi connectivity index (χ0v) is 9.76. The van der Waals surface area contributed by atoms with Crippen LogP contribution in [0.4, 0.5) is 0 Å². The number of hydrogen-bond acceptors (Lipinski definition) is 2. The monoisotopic (exact) mass is 229 g/mol. The molecule has 3 nitrogen and oxygen atoms in total. The second-order valence-corrected chi connectivity index (χ2v) is 3.90. The highest BCUT2D eigenvalue weighted by atomic mass is 16.3. The summed E-state index contributed by atoms with van der Waals surface area (Å²) in [5.74, 6) is 0. The summed E-state index contributed by atoms with van der Waals surface area (Å²) in [6.45, 7) is 5.55. The summed E-state index contributed by atoms with van der Waals surface area (Å²) in [4.78, 5) is 0. The van der Waals surface area contributed by atoms with Crippen LogP contribution >= 0.6 is 0 Å². The predicted octanol–water partition coefficient (Wildman–Crippen LogP) is 1.15. The zero-order valence-electron chi connectivity index (χ0n) is 9.76. The molecule has 2 N–H and O–H groups in total. The quantitative estimate of drug-likeness (QED) is 0.602. The molecule has 1 aliphatic heterocycles. The molecule has 1 aromatic heterocycles. The van der Waals surface area contributed by atoms with Gasteiger partial charge in [-0.25, -0.2) is 0 Å². The first-order chi connectivity index (χ1) is 8.35. The highest BCUT2D eigenvalue weighted by Gasteiger charge is 2.20. The molecule has 0 aliphatic carbocycles. The summed E-state index contributed by atoms with van der Waals surface area (Å²) in [5, 5.41) is 12.5. The Kier molecular flexibility index (Phi) is 3.73. The average Bonchev–Trinajstić information content (AvgIpc) is 2.38. The summed E-state index contributed by atoms with van der Waals surface area (Å²) in [6.07, 6.45) is 9.65. The number of allylic oxidation sites excluding steroid dienone is 4. The Morgan fingerprint density at radius 2 is 2.29 bits per heavy atom. The van der Waals surface area contributed by atoms with E-state index in [2.05, 4.69) is 16.5 Å². The Bertz CT molecular complexity index is 475. The van der Waals surface area contributed by atoms with E-state index in [0.717, 1.165) is 30.0 Å². The van der Waals surface area contributed by atoms with E-state index >= 15 is 0 Å². The van der Waals surface area contributed by atoms with Crippen molar-refractivity contribution in [2.45, 2.75) is 13.2 Å². The lowest BCUT2D eigenvalue weighted by Crippen LogP contribution is -2.48. The van der Waals surface area contributed by atoms with Gasteiger partial charge in [-0.05, 0) is 12.1 Å². The van der Waals surface area contributed by atoms with E-state index in [1.54, 1.807) is 6.08 Å². The number of nitrogens with zero attached hydrogens (tertiary/aromatic N) is 1. The Labute approximate surface area is 101 Å². The van der Waals surface area contributed by atoms with E-state index in [9.17, 15) is 0 Å². The van der Waals surface area contributed by atoms with Gasteiger partial charge in [0.2, 0.25) is 5.69 Å². The molecule has 3 heteroatoms. The van der Waals surface area contributed by atoms with E-state index in [4.69, 9.17) is 5.11 Å². The SMILES string of the molecule is C=C/C=C\C=C1/NCC[n+]2cc(CO)ccc21. The summed E-state index contributed by atoms with van der Waals surface area (Å²) in [6, 6.07) is 3.98. The third-order valence-corrected chi connectivity index (χ3v) is 2.72. The predicted molar refractivity (Wildman–Crippen MR) is 67.9 cm³/mol. The standard InChI is InChI=1S/C14H17N2O/c1-2-3-4-5-13-14-7-6-12(11-17)10-16(14)9-8-15-13/h2-7,10,15,17H,1,8-9,11H2/q+1/b4-3-,13-5-. The van der Waals surface area contributed by atoms with E-state index < -0.39 is 0 Å². The fourth-order valence-corrected chi connectivity index (χ4v) is 1.89. The number of aromatic nitrogens is 1. The van der Waals surface area contributed by atoms with Crippen LogP contribution in [0.25, 0.3) is 5.70 Å². The number of aliphatic hydroxyl groups excluding tert-OH is 1. The van der Waals surface area contributed by atoms with Crippen molar-refractivity contribution in [3.63, 3.8) is 0 Å². The second-order valence-electron chi connectivity index (χ2n) is 3.90. The minimum Gasteiger partial charge on any atom is -0.391 e. The van der Waals surface area contributed by atoms with Gasteiger partial charge in [-0.15, -0.1) is 0 Å². The van der Waals surface area contributed by atoms with Crippen molar-refractivity contribution < 1.29 is 9.67 Å². The van der Waals surface area contributed by atoms with Crippen LogP contribution in [-0.4, -0.2) is 11.7 Å². The second kappa shape index (κ2) is 5.46. The van der Waals surface area contributed by atoms with E-state index in [0.29, 0.717) is 0 Å². The molecule has 17 heavy (non-hydrogen) atoms. The topological polar surface area (TPSA) is 36.1 Å². The molecule has 0 atom stereocenters. The normalized spacial score (nSPS) is 16.9. The van der Waals surface area contributed by atoms with Gasteiger partial charge in [0.25, 0.3) is 0 Å². The minimum atomic E-state index is 0.0864. The van der Waals surface area contributed by atoms with Crippen LogP contribution in [0.2, 0.25) is 0 Å². The molecule has 0 radical (unpaired) electrons. The van der Waals surface area contributed by atoms with Crippen LogP contribution in [0.3, 0.4) is 0 Å². The molecule has 1 aliphatic rings. The molecule has 0 fully saturated rings. The van der Waals surface area contributed by atoms with E-state index in [-0.39, 0.29) is 6.61 Å². The number of rotatable bonds is 3. The molecule has 0 saturated carbocycles. The Balaban J connectivity index is 2.34. The first-order valence-corrected chi connectivity index (χ1v) is 5.72. The van der Waals surface area contributed by atoms with Gasteiger partial charge in [-0.1, -0.05) is 24.8 Å². The largest absolute Gasteiger partial charge is 0.391 e. The third-order valence-electron chi connectivity index (χ3n) is 2.72. The van der Waals surface area contributed by atoms with Gasteiger partial charge >= 0.3 is 0 Å². The molecule has 0 amide bonds. The number of pyridine rings is 1. The van der Waals surface area contributed by atoms with Crippen molar-refractivity contribution in [1.29, 1.82) is 0 Å². The summed E-state index contributed by atoms with van der Waals surface area (Å²) in [5.41, 5.74) is 3.18. The van der Waals surface area contributed by atoms with Gasteiger partial charge in [0.15, 0.2) is 12.7 Å². The first-order valence-electron chi connectivity index (χ1n) is 5.72. The van der Waals surface area contributed by atoms with Crippen LogP contribution in [-0.2, 0) is 13.2 Å². The van der Waals surface area contributed by atoms with Crippen LogP contribution in [0.15, 0.2) is 49.2 Å². The molecule has 0 aromatic carbocycles. The van der Waals surface area contributed by atoms with Gasteiger partial charge in [0.1, 0.15) is 5.70 Å². The maximum Gasteiger partial charge on any atom is 0.228 e. The Morgan fingerprint density at radius 3 is 3.06 bits per heavy atom. The molecule has 1 aromatic rings. The summed E-state index contributed by atoms with van der Waals surface area (Å²) < 4.78 is 2.16. The van der Waals surface area contributed by atoms with Crippen LogP contribution < -0.4 is 9.88 Å². The lowest BCUT2D eigenvalue weighted by atomic mass is 10.1. The fourth-order valence-electron chi connectivity index (χ4n) is 1.89. The van der Waals surface area contributed by atoms with Crippen molar-refractivity contribution in [1.82, 2.24) is 5.32 Å². The highest BCUT2D eigenvalue weighted by molar-refractivity contribution is 5.61.